The Morgan fingerprint density at radius 2 is 2.09 bits per heavy atom. The Bertz CT molecular complexity index is 670. The number of rotatable bonds is 6. The van der Waals surface area contributed by atoms with Crippen LogP contribution in [0.3, 0.4) is 0 Å². The first kappa shape index (κ1) is 15.0. The van der Waals surface area contributed by atoms with Gasteiger partial charge in [-0.2, -0.15) is 0 Å². The molecular formula is C18H21NO3. The molecule has 0 heterocycles. The van der Waals surface area contributed by atoms with Gasteiger partial charge in [0.2, 0.25) is 5.91 Å². The van der Waals surface area contributed by atoms with Crippen LogP contribution in [0.2, 0.25) is 0 Å². The molecule has 3 rings (SSSR count). The monoisotopic (exact) mass is 299 g/mol. The van der Waals surface area contributed by atoms with Crippen molar-refractivity contribution < 1.29 is 14.6 Å². The summed E-state index contributed by atoms with van der Waals surface area (Å²) >= 11 is 0. The Balaban J connectivity index is 1.59. The number of ether oxygens (including phenoxy) is 1. The summed E-state index contributed by atoms with van der Waals surface area (Å²) < 4.78 is 4.84. The van der Waals surface area contributed by atoms with E-state index in [0.717, 1.165) is 6.42 Å². The van der Waals surface area contributed by atoms with Gasteiger partial charge in [0.15, 0.2) is 0 Å². The summed E-state index contributed by atoms with van der Waals surface area (Å²) in [5, 5.41) is 14.8. The van der Waals surface area contributed by atoms with E-state index >= 15 is 0 Å². The number of hydrogen-bond acceptors (Lipinski definition) is 3. The summed E-state index contributed by atoms with van der Waals surface area (Å²) in [5.41, 5.74) is 1.22. The van der Waals surface area contributed by atoms with E-state index < -0.39 is 6.10 Å². The van der Waals surface area contributed by atoms with Crippen molar-refractivity contribution in [3.63, 3.8) is 0 Å². The summed E-state index contributed by atoms with van der Waals surface area (Å²) in [5.74, 6) is 0.341. The number of benzene rings is 2. The van der Waals surface area contributed by atoms with E-state index in [-0.39, 0.29) is 25.0 Å². The number of methoxy groups -OCH3 is 1. The van der Waals surface area contributed by atoms with Gasteiger partial charge in [-0.1, -0.05) is 42.5 Å². The van der Waals surface area contributed by atoms with E-state index in [1.165, 1.54) is 23.4 Å². The van der Waals surface area contributed by atoms with Gasteiger partial charge in [-0.3, -0.25) is 4.79 Å². The second-order valence-corrected chi connectivity index (χ2v) is 5.91. The first-order valence-corrected chi connectivity index (χ1v) is 7.62. The Kier molecular flexibility index (Phi) is 4.41. The van der Waals surface area contributed by atoms with Gasteiger partial charge in [0, 0.05) is 19.6 Å². The Morgan fingerprint density at radius 3 is 2.86 bits per heavy atom. The predicted octanol–water partition coefficient (Wildman–Crippen LogP) is 2.07. The standard InChI is InChI=1S/C18H21NO3/c1-22-11-15(20)10-19-18(21)17-9-16(17)14-7-6-12-4-2-3-5-13(12)8-14/h2-8,15-17,20H,9-11H2,1H3,(H,19,21). The van der Waals surface area contributed by atoms with Crippen molar-refractivity contribution in [2.24, 2.45) is 5.92 Å². The fourth-order valence-electron chi connectivity index (χ4n) is 2.89. The topological polar surface area (TPSA) is 58.6 Å². The quantitative estimate of drug-likeness (QED) is 0.858. The normalized spacial score (nSPS) is 21.5. The number of fused-ring (bicyclic) bond motifs is 1. The number of carbonyl (C=O) groups is 1. The smallest absolute Gasteiger partial charge is 0.223 e. The highest BCUT2D eigenvalue weighted by Crippen LogP contribution is 2.48. The Hall–Kier alpha value is -1.91. The van der Waals surface area contributed by atoms with Crippen LogP contribution >= 0.6 is 0 Å². The van der Waals surface area contributed by atoms with Crippen LogP contribution < -0.4 is 5.32 Å². The zero-order chi connectivity index (χ0) is 15.5. The number of amides is 1. The number of carbonyl (C=O) groups excluding carboxylic acids is 1. The van der Waals surface area contributed by atoms with E-state index in [9.17, 15) is 9.90 Å². The van der Waals surface area contributed by atoms with Crippen LogP contribution in [-0.4, -0.2) is 37.4 Å². The summed E-state index contributed by atoms with van der Waals surface area (Å²) in [6.07, 6.45) is 0.233. The lowest BCUT2D eigenvalue weighted by molar-refractivity contribution is -0.123. The molecule has 1 fully saturated rings. The van der Waals surface area contributed by atoms with Gasteiger partial charge in [0.25, 0.3) is 0 Å². The van der Waals surface area contributed by atoms with E-state index in [1.807, 2.05) is 12.1 Å². The first-order valence-electron chi connectivity index (χ1n) is 7.62. The first-order chi connectivity index (χ1) is 10.7. The molecule has 3 atom stereocenters. The highest BCUT2D eigenvalue weighted by atomic mass is 16.5. The molecule has 1 saturated carbocycles. The van der Waals surface area contributed by atoms with Crippen LogP contribution in [0.1, 0.15) is 17.9 Å². The number of hydrogen-bond donors (Lipinski definition) is 2. The summed E-state index contributed by atoms with van der Waals surface area (Å²) in [6, 6.07) is 14.6. The van der Waals surface area contributed by atoms with Crippen LogP contribution in [0.25, 0.3) is 10.8 Å². The molecule has 2 aromatic carbocycles. The highest BCUT2D eigenvalue weighted by Gasteiger charge is 2.43. The van der Waals surface area contributed by atoms with Gasteiger partial charge in [-0.25, -0.2) is 0 Å². The summed E-state index contributed by atoms with van der Waals surface area (Å²) in [4.78, 5) is 12.1. The molecule has 1 amide bonds. The lowest BCUT2D eigenvalue weighted by Gasteiger charge is -2.10. The van der Waals surface area contributed by atoms with Crippen LogP contribution in [0.5, 0.6) is 0 Å². The third-order valence-electron chi connectivity index (χ3n) is 4.20. The van der Waals surface area contributed by atoms with Gasteiger partial charge in [0.1, 0.15) is 0 Å². The zero-order valence-electron chi connectivity index (χ0n) is 12.7. The maximum absolute atomic E-state index is 12.1. The summed E-state index contributed by atoms with van der Waals surface area (Å²) in [7, 11) is 1.53. The average molecular weight is 299 g/mol. The molecule has 3 unspecified atom stereocenters. The minimum atomic E-state index is -0.646. The number of aliphatic hydroxyl groups excluding tert-OH is 1. The molecule has 2 N–H and O–H groups in total. The van der Waals surface area contributed by atoms with Crippen molar-refractivity contribution in [1.29, 1.82) is 0 Å². The van der Waals surface area contributed by atoms with Gasteiger partial charge in [-0.05, 0) is 28.7 Å². The molecule has 1 aliphatic carbocycles. The molecule has 2 aromatic rings. The minimum Gasteiger partial charge on any atom is -0.389 e. The molecule has 0 aromatic heterocycles. The van der Waals surface area contributed by atoms with Crippen molar-refractivity contribution in [3.05, 3.63) is 48.0 Å². The molecule has 4 nitrogen and oxygen atoms in total. The highest BCUT2D eigenvalue weighted by molar-refractivity contribution is 5.85. The second-order valence-electron chi connectivity index (χ2n) is 5.91. The second kappa shape index (κ2) is 6.46. The third-order valence-corrected chi connectivity index (χ3v) is 4.20. The molecule has 0 spiro atoms. The molecule has 0 radical (unpaired) electrons. The van der Waals surface area contributed by atoms with E-state index in [2.05, 4.69) is 35.6 Å². The number of nitrogens with one attached hydrogen (secondary N) is 1. The van der Waals surface area contributed by atoms with Crippen LogP contribution in [-0.2, 0) is 9.53 Å². The maximum Gasteiger partial charge on any atom is 0.223 e. The lowest BCUT2D eigenvalue weighted by Crippen LogP contribution is -2.35. The predicted molar refractivity (Wildman–Crippen MR) is 85.7 cm³/mol. The van der Waals surface area contributed by atoms with Crippen molar-refractivity contribution in [3.8, 4) is 0 Å². The van der Waals surface area contributed by atoms with Crippen LogP contribution in [0, 0.1) is 5.92 Å². The van der Waals surface area contributed by atoms with E-state index in [1.54, 1.807) is 0 Å². The van der Waals surface area contributed by atoms with Gasteiger partial charge in [0.05, 0.1) is 12.7 Å². The SMILES string of the molecule is COCC(O)CNC(=O)C1CC1c1ccc2ccccc2c1. The zero-order valence-corrected chi connectivity index (χ0v) is 12.7. The lowest BCUT2D eigenvalue weighted by atomic mass is 10.0. The minimum absolute atomic E-state index is 0.0216. The van der Waals surface area contributed by atoms with Gasteiger partial charge < -0.3 is 15.2 Å². The van der Waals surface area contributed by atoms with E-state index in [4.69, 9.17) is 4.74 Å². The third kappa shape index (κ3) is 3.29. The van der Waals surface area contributed by atoms with Crippen molar-refractivity contribution in [2.75, 3.05) is 20.3 Å². The van der Waals surface area contributed by atoms with E-state index in [0.29, 0.717) is 5.92 Å². The maximum atomic E-state index is 12.1. The van der Waals surface area contributed by atoms with Crippen molar-refractivity contribution >= 4 is 16.7 Å². The fourth-order valence-corrected chi connectivity index (χ4v) is 2.89. The molecule has 0 saturated heterocycles. The fraction of sp³-hybridized carbons (Fsp3) is 0.389. The van der Waals surface area contributed by atoms with Gasteiger partial charge in [-0.15, -0.1) is 0 Å². The molecule has 4 heteroatoms. The molecule has 116 valence electrons. The van der Waals surface area contributed by atoms with Gasteiger partial charge >= 0.3 is 0 Å². The molecule has 22 heavy (non-hydrogen) atoms. The van der Waals surface area contributed by atoms with Crippen LogP contribution in [0.15, 0.2) is 42.5 Å². The molecule has 1 aliphatic rings. The van der Waals surface area contributed by atoms with Crippen molar-refractivity contribution in [1.82, 2.24) is 5.32 Å². The van der Waals surface area contributed by atoms with Crippen molar-refractivity contribution in [2.45, 2.75) is 18.4 Å². The molecular weight excluding hydrogens is 278 g/mol. The molecule has 0 aliphatic heterocycles. The Morgan fingerprint density at radius 1 is 1.32 bits per heavy atom. The number of aliphatic hydroxyl groups is 1. The summed E-state index contributed by atoms with van der Waals surface area (Å²) in [6.45, 7) is 0.479. The van der Waals surface area contributed by atoms with Crippen LogP contribution in [0.4, 0.5) is 0 Å². The Labute approximate surface area is 130 Å². The molecule has 0 bridgehead atoms. The largest absolute Gasteiger partial charge is 0.389 e. The average Bonchev–Trinajstić information content (AvgIpc) is 3.33.